The van der Waals surface area contributed by atoms with E-state index in [1.165, 1.54) is 11.4 Å². The number of rotatable bonds is 7. The zero-order valence-electron chi connectivity index (χ0n) is 14.8. The van der Waals surface area contributed by atoms with E-state index >= 15 is 0 Å². The van der Waals surface area contributed by atoms with Crippen LogP contribution in [0.5, 0.6) is 5.75 Å². The minimum atomic E-state index is -3.44. The number of hydrogen-bond acceptors (Lipinski definition) is 5. The third kappa shape index (κ3) is 7.18. The summed E-state index contributed by atoms with van der Waals surface area (Å²) in [5.41, 5.74) is 0.153. The molecule has 8 heteroatoms. The number of amides is 1. The van der Waals surface area contributed by atoms with E-state index in [1.54, 1.807) is 32.9 Å². The maximum Gasteiger partial charge on any atom is 0.407 e. The first kappa shape index (κ1) is 20.2. The Kier molecular flexibility index (Phi) is 7.04. The van der Waals surface area contributed by atoms with Crippen molar-refractivity contribution >= 4 is 16.1 Å². The Morgan fingerprint density at radius 2 is 1.88 bits per heavy atom. The number of carbonyl (C=O) groups is 1. The highest BCUT2D eigenvalue weighted by Crippen LogP contribution is 2.20. The molecular formula is C16H26N2O5S. The molecule has 7 nitrogen and oxygen atoms in total. The van der Waals surface area contributed by atoms with Crippen molar-refractivity contribution in [3.05, 3.63) is 29.8 Å². The van der Waals surface area contributed by atoms with Gasteiger partial charge in [-0.15, -0.1) is 0 Å². The number of ether oxygens (including phenoxy) is 2. The molecule has 1 amide bonds. The van der Waals surface area contributed by atoms with Crippen LogP contribution < -0.4 is 10.1 Å². The van der Waals surface area contributed by atoms with Gasteiger partial charge in [-0.25, -0.2) is 13.2 Å². The normalized spacial score (nSPS) is 12.1. The van der Waals surface area contributed by atoms with Crippen molar-refractivity contribution in [3.8, 4) is 5.75 Å². The number of benzene rings is 1. The molecule has 0 radical (unpaired) electrons. The molecule has 0 saturated carbocycles. The van der Waals surface area contributed by atoms with E-state index in [0.717, 1.165) is 11.8 Å². The minimum Gasteiger partial charge on any atom is -0.496 e. The summed E-state index contributed by atoms with van der Waals surface area (Å²) in [5, 5.41) is 2.56. The van der Waals surface area contributed by atoms with Gasteiger partial charge in [0.05, 0.1) is 13.4 Å². The SMILES string of the molecule is COc1ccccc1CN(CCNC(=O)OC(C)(C)C)S(C)(=O)=O. The van der Waals surface area contributed by atoms with Crippen LogP contribution in [0.25, 0.3) is 0 Å². The number of methoxy groups -OCH3 is 1. The Balaban J connectivity index is 2.69. The smallest absolute Gasteiger partial charge is 0.407 e. The topological polar surface area (TPSA) is 84.9 Å². The van der Waals surface area contributed by atoms with Crippen LogP contribution in [0.1, 0.15) is 26.3 Å². The van der Waals surface area contributed by atoms with Crippen LogP contribution in [0, 0.1) is 0 Å². The summed E-state index contributed by atoms with van der Waals surface area (Å²) < 4.78 is 35.6. The average molecular weight is 358 g/mol. The molecule has 0 spiro atoms. The quantitative estimate of drug-likeness (QED) is 0.806. The number of carbonyl (C=O) groups excluding carboxylic acids is 1. The Morgan fingerprint density at radius 1 is 1.25 bits per heavy atom. The maximum atomic E-state index is 12.0. The lowest BCUT2D eigenvalue weighted by Gasteiger charge is -2.23. The van der Waals surface area contributed by atoms with E-state index in [1.807, 2.05) is 12.1 Å². The van der Waals surface area contributed by atoms with Crippen LogP contribution in [0.4, 0.5) is 4.79 Å². The third-order valence-electron chi connectivity index (χ3n) is 3.04. The van der Waals surface area contributed by atoms with E-state index in [0.29, 0.717) is 5.75 Å². The first-order valence-corrected chi connectivity index (χ1v) is 9.41. The fourth-order valence-corrected chi connectivity index (χ4v) is 2.78. The van der Waals surface area contributed by atoms with E-state index in [4.69, 9.17) is 9.47 Å². The number of hydrogen-bond donors (Lipinski definition) is 1. The largest absolute Gasteiger partial charge is 0.496 e. The summed E-state index contributed by atoms with van der Waals surface area (Å²) in [6.45, 7) is 5.73. The summed E-state index contributed by atoms with van der Waals surface area (Å²) in [6.07, 6.45) is 0.559. The average Bonchev–Trinajstić information content (AvgIpc) is 2.43. The Hall–Kier alpha value is -1.80. The van der Waals surface area contributed by atoms with Crippen LogP contribution in [0.2, 0.25) is 0 Å². The highest BCUT2D eigenvalue weighted by molar-refractivity contribution is 7.88. The van der Waals surface area contributed by atoms with Crippen LogP contribution >= 0.6 is 0 Å². The molecule has 0 fully saturated rings. The fourth-order valence-electron chi connectivity index (χ4n) is 1.98. The molecule has 0 heterocycles. The van der Waals surface area contributed by atoms with Crippen molar-refractivity contribution in [3.63, 3.8) is 0 Å². The van der Waals surface area contributed by atoms with Crippen LogP contribution in [0.3, 0.4) is 0 Å². The summed E-state index contributed by atoms with van der Waals surface area (Å²) >= 11 is 0. The number of alkyl carbamates (subject to hydrolysis) is 1. The van der Waals surface area contributed by atoms with Crippen molar-refractivity contribution in [2.75, 3.05) is 26.5 Å². The molecule has 0 unspecified atom stereocenters. The van der Waals surface area contributed by atoms with Gasteiger partial charge >= 0.3 is 6.09 Å². The number of para-hydroxylation sites is 1. The van der Waals surface area contributed by atoms with Gasteiger partial charge < -0.3 is 14.8 Å². The van der Waals surface area contributed by atoms with Crippen molar-refractivity contribution in [2.24, 2.45) is 0 Å². The molecule has 1 aromatic carbocycles. The summed E-state index contributed by atoms with van der Waals surface area (Å²) in [6, 6.07) is 7.21. The molecule has 1 aromatic rings. The zero-order valence-corrected chi connectivity index (χ0v) is 15.6. The van der Waals surface area contributed by atoms with Crippen molar-refractivity contribution < 1.29 is 22.7 Å². The standard InChI is InChI=1S/C16H26N2O5S/c1-16(2,3)23-15(19)17-10-11-18(24(5,20)21)12-13-8-6-7-9-14(13)22-4/h6-9H,10-12H2,1-5H3,(H,17,19). The fraction of sp³-hybridized carbons (Fsp3) is 0.562. The van der Waals surface area contributed by atoms with Gasteiger partial charge in [-0.05, 0) is 26.8 Å². The molecule has 0 aliphatic rings. The summed E-state index contributed by atoms with van der Waals surface area (Å²) in [5.74, 6) is 0.617. The van der Waals surface area contributed by atoms with E-state index in [9.17, 15) is 13.2 Å². The summed E-state index contributed by atoms with van der Waals surface area (Å²) in [7, 11) is -1.90. The van der Waals surface area contributed by atoms with Crippen LogP contribution in [-0.4, -0.2) is 50.9 Å². The van der Waals surface area contributed by atoms with Gasteiger partial charge in [-0.2, -0.15) is 4.31 Å². The summed E-state index contributed by atoms with van der Waals surface area (Å²) in [4.78, 5) is 11.6. The first-order chi connectivity index (χ1) is 11.0. The Labute approximate surface area is 144 Å². The zero-order chi connectivity index (χ0) is 18.4. The molecule has 0 saturated heterocycles. The van der Waals surface area contributed by atoms with Gasteiger partial charge in [0.1, 0.15) is 11.4 Å². The van der Waals surface area contributed by atoms with E-state index in [-0.39, 0.29) is 19.6 Å². The molecular weight excluding hydrogens is 332 g/mol. The van der Waals surface area contributed by atoms with Crippen molar-refractivity contribution in [1.82, 2.24) is 9.62 Å². The highest BCUT2D eigenvalue weighted by Gasteiger charge is 2.20. The van der Waals surface area contributed by atoms with E-state index in [2.05, 4.69) is 5.32 Å². The van der Waals surface area contributed by atoms with Crippen molar-refractivity contribution in [1.29, 1.82) is 0 Å². The minimum absolute atomic E-state index is 0.135. The van der Waals surface area contributed by atoms with Crippen molar-refractivity contribution in [2.45, 2.75) is 32.9 Å². The van der Waals surface area contributed by atoms with E-state index < -0.39 is 21.7 Å². The molecule has 24 heavy (non-hydrogen) atoms. The number of sulfonamides is 1. The van der Waals surface area contributed by atoms with Gasteiger partial charge in [0.15, 0.2) is 0 Å². The first-order valence-electron chi connectivity index (χ1n) is 7.57. The second-order valence-corrected chi connectivity index (χ2v) is 8.32. The third-order valence-corrected chi connectivity index (χ3v) is 4.29. The number of nitrogens with zero attached hydrogens (tertiary/aromatic N) is 1. The molecule has 0 aromatic heterocycles. The lowest BCUT2D eigenvalue weighted by molar-refractivity contribution is 0.0525. The van der Waals surface area contributed by atoms with Gasteiger partial charge in [0, 0.05) is 25.2 Å². The Morgan fingerprint density at radius 3 is 2.42 bits per heavy atom. The molecule has 0 bridgehead atoms. The maximum absolute atomic E-state index is 12.0. The van der Waals surface area contributed by atoms with Gasteiger partial charge in [-0.1, -0.05) is 18.2 Å². The van der Waals surface area contributed by atoms with Gasteiger partial charge in [0.25, 0.3) is 0 Å². The second-order valence-electron chi connectivity index (χ2n) is 6.34. The van der Waals surface area contributed by atoms with Gasteiger partial charge in [0.2, 0.25) is 10.0 Å². The molecule has 0 aliphatic heterocycles. The lowest BCUT2D eigenvalue weighted by atomic mass is 10.2. The number of nitrogens with one attached hydrogen (secondary N) is 1. The predicted molar refractivity (Wildman–Crippen MR) is 92.5 cm³/mol. The van der Waals surface area contributed by atoms with Crippen LogP contribution in [0.15, 0.2) is 24.3 Å². The van der Waals surface area contributed by atoms with Crippen LogP contribution in [-0.2, 0) is 21.3 Å². The molecule has 136 valence electrons. The molecule has 0 atom stereocenters. The second kappa shape index (κ2) is 8.34. The molecule has 1 N–H and O–H groups in total. The monoisotopic (exact) mass is 358 g/mol. The lowest BCUT2D eigenvalue weighted by Crippen LogP contribution is -2.39. The predicted octanol–water partition coefficient (Wildman–Crippen LogP) is 1.98. The molecule has 1 rings (SSSR count). The Bertz CT molecular complexity index is 653. The van der Waals surface area contributed by atoms with Gasteiger partial charge in [-0.3, -0.25) is 0 Å². The highest BCUT2D eigenvalue weighted by atomic mass is 32.2. The molecule has 0 aliphatic carbocycles.